The minimum absolute atomic E-state index is 0.744. The van der Waals surface area contributed by atoms with E-state index in [0.29, 0.717) is 0 Å². The van der Waals surface area contributed by atoms with Gasteiger partial charge in [-0.25, -0.2) is 0 Å². The van der Waals surface area contributed by atoms with E-state index in [1.165, 1.54) is 43.2 Å². The lowest BCUT2D eigenvalue weighted by Crippen LogP contribution is -2.12. The van der Waals surface area contributed by atoms with E-state index < -0.39 is 0 Å². The summed E-state index contributed by atoms with van der Waals surface area (Å²) in [5, 5.41) is 8.31. The molecule has 0 aromatic heterocycles. The molecule has 1 fully saturated rings. The molecule has 0 aliphatic heterocycles. The first kappa shape index (κ1) is 17.6. The highest BCUT2D eigenvalue weighted by Crippen LogP contribution is 2.36. The highest BCUT2D eigenvalue weighted by atomic mass is 15.2. The van der Waals surface area contributed by atoms with Gasteiger partial charge in [0.1, 0.15) is 0 Å². The molecule has 0 radical (unpaired) electrons. The van der Waals surface area contributed by atoms with Crippen molar-refractivity contribution in [1.29, 1.82) is 0 Å². The Balaban J connectivity index is 1.54. The third kappa shape index (κ3) is 5.12. The predicted octanol–water partition coefficient (Wildman–Crippen LogP) is 6.13. The van der Waals surface area contributed by atoms with Crippen LogP contribution in [0, 0.1) is 12.8 Å². The van der Waals surface area contributed by atoms with Gasteiger partial charge in [-0.05, 0) is 61.1 Å². The summed E-state index contributed by atoms with van der Waals surface area (Å²) in [6.45, 7) is 4.40. The van der Waals surface area contributed by atoms with Gasteiger partial charge >= 0.3 is 0 Å². The molecule has 2 aromatic rings. The molecule has 0 heterocycles. The second kappa shape index (κ2) is 8.75. The fourth-order valence-electron chi connectivity index (χ4n) is 3.61. The number of hydrogen-bond donors (Lipinski definition) is 0. The maximum atomic E-state index is 4.17. The van der Waals surface area contributed by atoms with Crippen LogP contribution >= 0.6 is 0 Å². The summed E-state index contributed by atoms with van der Waals surface area (Å²) < 4.78 is 0. The molecule has 0 spiro atoms. The van der Waals surface area contributed by atoms with E-state index in [2.05, 4.69) is 72.6 Å². The molecule has 0 N–H and O–H groups in total. The molecule has 25 heavy (non-hydrogen) atoms. The molecule has 130 valence electrons. The summed E-state index contributed by atoms with van der Waals surface area (Å²) in [6.07, 6.45) is 10.4. The topological polar surface area (TPSA) is 24.7 Å². The zero-order valence-corrected chi connectivity index (χ0v) is 15.4. The van der Waals surface area contributed by atoms with Crippen LogP contribution in [-0.2, 0) is 0 Å². The molecule has 2 nitrogen and oxygen atoms in total. The second-order valence-corrected chi connectivity index (χ2v) is 7.19. The van der Waals surface area contributed by atoms with Crippen molar-refractivity contribution < 1.29 is 0 Å². The number of aryl methyl sites for hydroxylation is 1. The van der Waals surface area contributed by atoms with Crippen LogP contribution in [0.1, 0.15) is 67.2 Å². The van der Waals surface area contributed by atoms with Crippen LogP contribution in [0.25, 0.3) is 0 Å². The Kier molecular flexibility index (Phi) is 6.16. The van der Waals surface area contributed by atoms with Gasteiger partial charge in [0.15, 0.2) is 0 Å². The first-order valence-electron chi connectivity index (χ1n) is 9.47. The van der Waals surface area contributed by atoms with Crippen molar-refractivity contribution in [1.82, 2.24) is 0 Å². The maximum Gasteiger partial charge on any atom is 0.0568 e. The molecule has 0 saturated heterocycles. The minimum Gasteiger partial charge on any atom is -0.159 e. The van der Waals surface area contributed by atoms with E-state index in [9.17, 15) is 0 Å². The quantitative estimate of drug-likeness (QED) is 0.464. The van der Waals surface area contributed by atoms with Gasteiger partial charge in [0.2, 0.25) is 0 Å². The van der Waals surface area contributed by atoms with Gasteiger partial charge in [-0.1, -0.05) is 67.4 Å². The smallest absolute Gasteiger partial charge is 0.0568 e. The minimum atomic E-state index is 0.744. The summed E-state index contributed by atoms with van der Waals surface area (Å²) in [5.74, 6) is 1.70. The summed E-state index contributed by atoms with van der Waals surface area (Å²) in [4.78, 5) is 0. The van der Waals surface area contributed by atoms with Crippen molar-refractivity contribution in [3.63, 3.8) is 0 Å². The van der Waals surface area contributed by atoms with Crippen LogP contribution in [-0.4, -0.2) is 12.4 Å². The summed E-state index contributed by atoms with van der Waals surface area (Å²) in [6, 6.07) is 17.1. The predicted molar refractivity (Wildman–Crippen MR) is 108 cm³/mol. The Bertz CT molecular complexity index is 703. The van der Waals surface area contributed by atoms with Gasteiger partial charge in [-0.2, -0.15) is 10.2 Å². The maximum absolute atomic E-state index is 4.17. The highest BCUT2D eigenvalue weighted by molar-refractivity contribution is 5.82. The van der Waals surface area contributed by atoms with Gasteiger partial charge in [-0.3, -0.25) is 0 Å². The molecular formula is C23H28N2. The lowest BCUT2D eigenvalue weighted by molar-refractivity contribution is 0.319. The third-order valence-corrected chi connectivity index (χ3v) is 5.39. The largest absolute Gasteiger partial charge is 0.159 e. The lowest BCUT2D eigenvalue weighted by Gasteiger charge is -2.28. The van der Waals surface area contributed by atoms with E-state index in [-0.39, 0.29) is 0 Å². The lowest BCUT2D eigenvalue weighted by atomic mass is 9.78. The molecule has 1 aliphatic rings. The zero-order chi connectivity index (χ0) is 17.5. The fourth-order valence-corrected chi connectivity index (χ4v) is 3.61. The standard InChI is InChI=1S/C23H28N2/c1-3-19-8-12-22(13-9-19)23-14-10-21(11-15-23)17-25-24-16-20-6-4-18(2)5-7-20/h4-7,10-11,14-17,19,22H,3,8-9,12-13H2,1-2H3. The molecule has 2 aromatic carbocycles. The zero-order valence-electron chi connectivity index (χ0n) is 15.4. The van der Waals surface area contributed by atoms with Crippen molar-refractivity contribution >= 4 is 12.4 Å². The number of rotatable bonds is 5. The summed E-state index contributed by atoms with van der Waals surface area (Å²) >= 11 is 0. The Labute approximate surface area is 151 Å². The van der Waals surface area contributed by atoms with Crippen molar-refractivity contribution in [3.8, 4) is 0 Å². The van der Waals surface area contributed by atoms with Gasteiger partial charge in [-0.15, -0.1) is 0 Å². The third-order valence-electron chi connectivity index (χ3n) is 5.39. The Morgan fingerprint density at radius 3 is 1.84 bits per heavy atom. The van der Waals surface area contributed by atoms with E-state index in [4.69, 9.17) is 0 Å². The molecule has 0 bridgehead atoms. The molecule has 0 amide bonds. The van der Waals surface area contributed by atoms with E-state index >= 15 is 0 Å². The first-order valence-corrected chi connectivity index (χ1v) is 9.47. The van der Waals surface area contributed by atoms with Crippen LogP contribution < -0.4 is 0 Å². The Morgan fingerprint density at radius 2 is 1.32 bits per heavy atom. The van der Waals surface area contributed by atoms with Gasteiger partial charge in [0.05, 0.1) is 12.4 Å². The highest BCUT2D eigenvalue weighted by Gasteiger charge is 2.20. The van der Waals surface area contributed by atoms with E-state index in [1.807, 2.05) is 6.21 Å². The average molecular weight is 332 g/mol. The first-order chi connectivity index (χ1) is 12.2. The molecule has 0 atom stereocenters. The second-order valence-electron chi connectivity index (χ2n) is 7.19. The van der Waals surface area contributed by atoms with Crippen LogP contribution in [0.15, 0.2) is 58.7 Å². The molecule has 3 rings (SSSR count). The van der Waals surface area contributed by atoms with Crippen LogP contribution in [0.4, 0.5) is 0 Å². The monoisotopic (exact) mass is 332 g/mol. The average Bonchev–Trinajstić information content (AvgIpc) is 2.67. The van der Waals surface area contributed by atoms with Gasteiger partial charge in [0, 0.05) is 0 Å². The van der Waals surface area contributed by atoms with Gasteiger partial charge < -0.3 is 0 Å². The summed E-state index contributed by atoms with van der Waals surface area (Å²) in [5.41, 5.74) is 4.91. The van der Waals surface area contributed by atoms with E-state index in [0.717, 1.165) is 23.0 Å². The molecule has 0 unspecified atom stereocenters. The Hall–Kier alpha value is -2.22. The van der Waals surface area contributed by atoms with Crippen molar-refractivity contribution in [2.24, 2.45) is 16.1 Å². The SMILES string of the molecule is CCC1CCC(c2ccc(C=NN=Cc3ccc(C)cc3)cc2)CC1. The summed E-state index contributed by atoms with van der Waals surface area (Å²) in [7, 11) is 0. The van der Waals surface area contributed by atoms with Crippen LogP contribution in [0.5, 0.6) is 0 Å². The van der Waals surface area contributed by atoms with Crippen LogP contribution in [0.2, 0.25) is 0 Å². The molecule has 2 heteroatoms. The number of benzene rings is 2. The van der Waals surface area contributed by atoms with Crippen molar-refractivity contribution in [2.75, 3.05) is 0 Å². The molecule has 1 saturated carbocycles. The normalized spacial score (nSPS) is 21.2. The molecular weight excluding hydrogens is 304 g/mol. The number of nitrogens with zero attached hydrogens (tertiary/aromatic N) is 2. The van der Waals surface area contributed by atoms with Crippen molar-refractivity contribution in [2.45, 2.75) is 51.9 Å². The van der Waals surface area contributed by atoms with Gasteiger partial charge in [0.25, 0.3) is 0 Å². The number of hydrogen-bond acceptors (Lipinski definition) is 2. The Morgan fingerprint density at radius 1 is 0.800 bits per heavy atom. The fraction of sp³-hybridized carbons (Fsp3) is 0.391. The molecule has 1 aliphatic carbocycles. The van der Waals surface area contributed by atoms with E-state index in [1.54, 1.807) is 6.21 Å². The van der Waals surface area contributed by atoms with Crippen molar-refractivity contribution in [3.05, 3.63) is 70.8 Å². The van der Waals surface area contributed by atoms with Crippen LogP contribution in [0.3, 0.4) is 0 Å².